The van der Waals surface area contributed by atoms with Gasteiger partial charge in [0.2, 0.25) is 5.91 Å². The van der Waals surface area contributed by atoms with Crippen LogP contribution in [0.25, 0.3) is 10.4 Å². The third-order valence-electron chi connectivity index (χ3n) is 2.71. The number of benzene rings is 1. The number of likely N-dealkylation sites (N-methyl/N-ethyl adjacent to an activating group) is 1. The minimum atomic E-state index is -0.547. The second-order valence-electron chi connectivity index (χ2n) is 4.40. The van der Waals surface area contributed by atoms with Crippen LogP contribution in [0, 0.1) is 6.92 Å². The Balaban J connectivity index is 2.38. The molecule has 2 aromatic rings. The fraction of sp³-hybridized carbons (Fsp3) is 0.214. The summed E-state index contributed by atoms with van der Waals surface area (Å²) in [4.78, 5) is 29.6. The number of nitrogens with zero attached hydrogens (tertiary/aromatic N) is 2. The van der Waals surface area contributed by atoms with E-state index in [-0.39, 0.29) is 12.5 Å². The molecule has 0 radical (unpaired) electrons. The molecule has 2 N–H and O–H groups in total. The van der Waals surface area contributed by atoms with E-state index in [0.717, 1.165) is 15.4 Å². The Morgan fingerprint density at radius 1 is 1.30 bits per heavy atom. The van der Waals surface area contributed by atoms with Gasteiger partial charge in [0.15, 0.2) is 0 Å². The fourth-order valence-corrected chi connectivity index (χ4v) is 2.76. The maximum Gasteiger partial charge on any atom is 0.274 e. The molecule has 0 aliphatic rings. The van der Waals surface area contributed by atoms with Gasteiger partial charge in [0.1, 0.15) is 5.69 Å². The zero-order valence-corrected chi connectivity index (χ0v) is 12.1. The van der Waals surface area contributed by atoms with E-state index in [0.29, 0.717) is 5.69 Å². The minimum absolute atomic E-state index is 0.121. The van der Waals surface area contributed by atoms with Gasteiger partial charge in [0, 0.05) is 7.05 Å². The van der Waals surface area contributed by atoms with Gasteiger partial charge in [0.25, 0.3) is 5.91 Å². The molecule has 0 saturated heterocycles. The Labute approximate surface area is 121 Å². The highest BCUT2D eigenvalue weighted by molar-refractivity contribution is 7.15. The van der Waals surface area contributed by atoms with Gasteiger partial charge in [-0.3, -0.25) is 9.59 Å². The van der Waals surface area contributed by atoms with E-state index in [1.165, 1.54) is 23.3 Å². The molecule has 1 aromatic carbocycles. The van der Waals surface area contributed by atoms with Crippen molar-refractivity contribution in [3.8, 4) is 10.4 Å². The number of primary amides is 1. The molecular weight excluding hydrogens is 274 g/mol. The van der Waals surface area contributed by atoms with Crippen LogP contribution in [-0.4, -0.2) is 35.3 Å². The SMILES string of the molecule is Cc1nc(C(=O)N(C)CC(N)=O)c(-c2ccccc2)s1. The zero-order chi connectivity index (χ0) is 14.7. The van der Waals surface area contributed by atoms with E-state index in [2.05, 4.69) is 4.98 Å². The van der Waals surface area contributed by atoms with Crippen LogP contribution in [0.5, 0.6) is 0 Å². The van der Waals surface area contributed by atoms with E-state index >= 15 is 0 Å². The molecule has 1 heterocycles. The van der Waals surface area contributed by atoms with Crippen molar-refractivity contribution in [2.75, 3.05) is 13.6 Å². The van der Waals surface area contributed by atoms with Gasteiger partial charge in [-0.25, -0.2) is 4.98 Å². The summed E-state index contributed by atoms with van der Waals surface area (Å²) in [6, 6.07) is 9.59. The molecule has 0 bridgehead atoms. The number of aryl methyl sites for hydroxylation is 1. The molecule has 6 heteroatoms. The Bertz CT molecular complexity index is 637. The second kappa shape index (κ2) is 5.83. The van der Waals surface area contributed by atoms with Gasteiger partial charge in [0.05, 0.1) is 16.4 Å². The second-order valence-corrected chi connectivity index (χ2v) is 5.61. The van der Waals surface area contributed by atoms with Crippen LogP contribution in [0.2, 0.25) is 0 Å². The van der Waals surface area contributed by atoms with Crippen LogP contribution in [-0.2, 0) is 4.79 Å². The number of aromatic nitrogens is 1. The van der Waals surface area contributed by atoms with E-state index in [4.69, 9.17) is 5.73 Å². The van der Waals surface area contributed by atoms with Crippen LogP contribution < -0.4 is 5.73 Å². The molecule has 2 amide bonds. The summed E-state index contributed by atoms with van der Waals surface area (Å²) in [6.07, 6.45) is 0. The highest BCUT2D eigenvalue weighted by Gasteiger charge is 2.22. The van der Waals surface area contributed by atoms with Crippen molar-refractivity contribution in [2.45, 2.75) is 6.92 Å². The molecule has 2 rings (SSSR count). The van der Waals surface area contributed by atoms with Gasteiger partial charge in [-0.1, -0.05) is 30.3 Å². The molecule has 1 aromatic heterocycles. The average Bonchev–Trinajstić information content (AvgIpc) is 2.80. The lowest BCUT2D eigenvalue weighted by molar-refractivity contribution is -0.118. The van der Waals surface area contributed by atoms with Crippen molar-refractivity contribution in [1.82, 2.24) is 9.88 Å². The first-order chi connectivity index (χ1) is 9.49. The summed E-state index contributed by atoms with van der Waals surface area (Å²) in [6.45, 7) is 1.73. The molecule has 0 spiro atoms. The minimum Gasteiger partial charge on any atom is -0.368 e. The number of amides is 2. The van der Waals surface area contributed by atoms with Crippen LogP contribution in [0.15, 0.2) is 30.3 Å². The van der Waals surface area contributed by atoms with E-state index in [9.17, 15) is 9.59 Å². The number of hydrogen-bond acceptors (Lipinski definition) is 4. The molecule has 0 fully saturated rings. The largest absolute Gasteiger partial charge is 0.368 e. The van der Waals surface area contributed by atoms with Crippen molar-refractivity contribution >= 4 is 23.2 Å². The van der Waals surface area contributed by atoms with Gasteiger partial charge in [-0.05, 0) is 12.5 Å². The van der Waals surface area contributed by atoms with Gasteiger partial charge in [-0.2, -0.15) is 0 Å². The van der Waals surface area contributed by atoms with Gasteiger partial charge < -0.3 is 10.6 Å². The van der Waals surface area contributed by atoms with Crippen LogP contribution in [0.4, 0.5) is 0 Å². The number of rotatable bonds is 4. The maximum absolute atomic E-state index is 12.3. The van der Waals surface area contributed by atoms with E-state index in [1.807, 2.05) is 37.3 Å². The van der Waals surface area contributed by atoms with Crippen LogP contribution in [0.1, 0.15) is 15.5 Å². The Morgan fingerprint density at radius 2 is 1.95 bits per heavy atom. The standard InChI is InChI=1S/C14H15N3O2S/c1-9-16-12(14(19)17(2)8-11(15)18)13(20-9)10-6-4-3-5-7-10/h3-7H,8H2,1-2H3,(H2,15,18). The third kappa shape index (κ3) is 3.03. The fourth-order valence-electron chi connectivity index (χ4n) is 1.84. The topological polar surface area (TPSA) is 76.3 Å². The van der Waals surface area contributed by atoms with Crippen molar-refractivity contribution in [2.24, 2.45) is 5.73 Å². The number of carbonyl (C=O) groups is 2. The van der Waals surface area contributed by atoms with E-state index in [1.54, 1.807) is 0 Å². The molecule has 104 valence electrons. The predicted octanol–water partition coefficient (Wildman–Crippen LogP) is 1.68. The van der Waals surface area contributed by atoms with Gasteiger partial charge >= 0.3 is 0 Å². The van der Waals surface area contributed by atoms with E-state index < -0.39 is 5.91 Å². The average molecular weight is 289 g/mol. The van der Waals surface area contributed by atoms with Crippen molar-refractivity contribution in [3.63, 3.8) is 0 Å². The summed E-state index contributed by atoms with van der Waals surface area (Å²) in [5.74, 6) is -0.846. The van der Waals surface area contributed by atoms with Crippen molar-refractivity contribution in [3.05, 3.63) is 41.0 Å². The highest BCUT2D eigenvalue weighted by atomic mass is 32.1. The monoisotopic (exact) mass is 289 g/mol. The smallest absolute Gasteiger partial charge is 0.274 e. The first-order valence-corrected chi connectivity index (χ1v) is 6.87. The molecule has 0 saturated carbocycles. The summed E-state index contributed by atoms with van der Waals surface area (Å²) < 4.78 is 0. The van der Waals surface area contributed by atoms with Crippen molar-refractivity contribution in [1.29, 1.82) is 0 Å². The number of thiazole rings is 1. The molecule has 0 aliphatic heterocycles. The third-order valence-corrected chi connectivity index (χ3v) is 3.73. The molecular formula is C14H15N3O2S. The molecule has 0 atom stereocenters. The normalized spacial score (nSPS) is 10.3. The number of hydrogen-bond donors (Lipinski definition) is 1. The predicted molar refractivity (Wildman–Crippen MR) is 78.4 cm³/mol. The van der Waals surface area contributed by atoms with Crippen LogP contribution >= 0.6 is 11.3 Å². The summed E-state index contributed by atoms with van der Waals surface area (Å²) in [5.41, 5.74) is 6.42. The highest BCUT2D eigenvalue weighted by Crippen LogP contribution is 2.30. The van der Waals surface area contributed by atoms with Crippen LogP contribution in [0.3, 0.4) is 0 Å². The lowest BCUT2D eigenvalue weighted by Crippen LogP contribution is -2.35. The first kappa shape index (κ1) is 14.2. The lowest BCUT2D eigenvalue weighted by Gasteiger charge is -2.14. The molecule has 5 nitrogen and oxygen atoms in total. The Morgan fingerprint density at radius 3 is 2.55 bits per heavy atom. The Kier molecular flexibility index (Phi) is 4.14. The Hall–Kier alpha value is -2.21. The lowest BCUT2D eigenvalue weighted by atomic mass is 10.1. The van der Waals surface area contributed by atoms with Crippen molar-refractivity contribution < 1.29 is 9.59 Å². The summed E-state index contributed by atoms with van der Waals surface area (Å²) in [5, 5.41) is 0.805. The van der Waals surface area contributed by atoms with Gasteiger partial charge in [-0.15, -0.1) is 11.3 Å². The zero-order valence-electron chi connectivity index (χ0n) is 11.3. The number of carbonyl (C=O) groups excluding carboxylic acids is 2. The number of nitrogens with two attached hydrogens (primary N) is 1. The summed E-state index contributed by atoms with van der Waals surface area (Å²) >= 11 is 1.46. The first-order valence-electron chi connectivity index (χ1n) is 6.05. The quantitative estimate of drug-likeness (QED) is 0.930. The molecule has 20 heavy (non-hydrogen) atoms. The molecule has 0 unspecified atom stereocenters. The summed E-state index contributed by atoms with van der Waals surface area (Å²) in [7, 11) is 1.54. The maximum atomic E-state index is 12.3. The molecule has 0 aliphatic carbocycles.